The maximum Gasteiger partial charge on any atom is 0.326 e. The average Bonchev–Trinajstić information content (AvgIpc) is 3.09. The number of thiazole rings is 1. The van der Waals surface area contributed by atoms with Crippen LogP contribution in [0.2, 0.25) is 0 Å². The van der Waals surface area contributed by atoms with Crippen molar-refractivity contribution in [3.8, 4) is 0 Å². The van der Waals surface area contributed by atoms with Gasteiger partial charge in [0, 0.05) is 24.3 Å². The summed E-state index contributed by atoms with van der Waals surface area (Å²) in [6.07, 6.45) is 2.10. The summed E-state index contributed by atoms with van der Waals surface area (Å²) in [7, 11) is 0. The van der Waals surface area contributed by atoms with Gasteiger partial charge in [-0.2, -0.15) is 0 Å². The van der Waals surface area contributed by atoms with Gasteiger partial charge in [-0.1, -0.05) is 12.1 Å². The molecular weight excluding hydrogens is 371 g/mol. The van der Waals surface area contributed by atoms with E-state index in [2.05, 4.69) is 10.3 Å². The molecule has 27 heavy (non-hydrogen) atoms. The number of nitrogens with zero attached hydrogens (tertiary/aromatic N) is 1. The second-order valence-electron chi connectivity index (χ2n) is 6.57. The van der Waals surface area contributed by atoms with Crippen LogP contribution in [0.3, 0.4) is 0 Å². The van der Waals surface area contributed by atoms with Crippen molar-refractivity contribution < 1.29 is 23.8 Å². The maximum atomic E-state index is 13.0. The number of amides is 1. The zero-order valence-electron chi connectivity index (χ0n) is 14.7. The Hall–Kier alpha value is -2.32. The van der Waals surface area contributed by atoms with E-state index in [0.717, 1.165) is 23.4 Å². The van der Waals surface area contributed by atoms with E-state index in [0.29, 0.717) is 25.3 Å². The van der Waals surface area contributed by atoms with Crippen molar-refractivity contribution in [3.05, 3.63) is 51.7 Å². The van der Waals surface area contributed by atoms with Crippen molar-refractivity contribution in [2.45, 2.75) is 31.7 Å². The Kier molecular flexibility index (Phi) is 6.52. The number of hydrogen-bond acceptors (Lipinski definition) is 5. The summed E-state index contributed by atoms with van der Waals surface area (Å²) in [6, 6.07) is 5.26. The van der Waals surface area contributed by atoms with E-state index in [-0.39, 0.29) is 24.1 Å². The first-order valence-electron chi connectivity index (χ1n) is 8.79. The standard InChI is InChI=1S/C19H21FN2O4S/c20-14-5-3-12(4-6-14)8-17-21-15(11-27-17)9-16(23)22-18(19(24)25)13-2-1-7-26-10-13/h3-6,11,13,18H,1-2,7-10H2,(H,22,23)(H,24,25). The van der Waals surface area contributed by atoms with Gasteiger partial charge in [0.25, 0.3) is 0 Å². The SMILES string of the molecule is O=C(Cc1csc(Cc2ccc(F)cc2)n1)NC(C(=O)O)C1CCCOC1. The van der Waals surface area contributed by atoms with E-state index in [1.807, 2.05) is 0 Å². The lowest BCUT2D eigenvalue weighted by molar-refractivity contribution is -0.145. The molecule has 6 nitrogen and oxygen atoms in total. The first-order valence-corrected chi connectivity index (χ1v) is 9.67. The number of aromatic nitrogens is 1. The minimum atomic E-state index is -1.05. The molecule has 2 aromatic rings. The Morgan fingerprint density at radius 2 is 2.15 bits per heavy atom. The summed E-state index contributed by atoms with van der Waals surface area (Å²) in [5, 5.41) is 14.6. The highest BCUT2D eigenvalue weighted by molar-refractivity contribution is 7.09. The van der Waals surface area contributed by atoms with Crippen LogP contribution in [0, 0.1) is 11.7 Å². The molecular formula is C19H21FN2O4S. The van der Waals surface area contributed by atoms with Gasteiger partial charge >= 0.3 is 5.97 Å². The summed E-state index contributed by atoms with van der Waals surface area (Å²) < 4.78 is 18.3. The van der Waals surface area contributed by atoms with Crippen LogP contribution >= 0.6 is 11.3 Å². The Bertz CT molecular complexity index is 787. The molecule has 1 aromatic carbocycles. The van der Waals surface area contributed by atoms with E-state index in [9.17, 15) is 19.1 Å². The lowest BCUT2D eigenvalue weighted by atomic mass is 9.93. The summed E-state index contributed by atoms with van der Waals surface area (Å²) >= 11 is 1.42. The molecule has 2 unspecified atom stereocenters. The van der Waals surface area contributed by atoms with Gasteiger partial charge in [0.1, 0.15) is 11.9 Å². The fourth-order valence-corrected chi connectivity index (χ4v) is 3.91. The summed E-state index contributed by atoms with van der Waals surface area (Å²) in [4.78, 5) is 28.2. The molecule has 1 aromatic heterocycles. The topological polar surface area (TPSA) is 88.5 Å². The molecule has 2 heterocycles. The Morgan fingerprint density at radius 3 is 2.81 bits per heavy atom. The Morgan fingerprint density at radius 1 is 1.37 bits per heavy atom. The third kappa shape index (κ3) is 5.58. The summed E-state index contributed by atoms with van der Waals surface area (Å²) in [5.41, 5.74) is 1.53. The number of carbonyl (C=O) groups excluding carboxylic acids is 1. The normalized spacial score (nSPS) is 18.0. The van der Waals surface area contributed by atoms with Crippen LogP contribution in [0.4, 0.5) is 4.39 Å². The number of carboxylic acid groups (broad SMARTS) is 1. The molecule has 1 fully saturated rings. The fraction of sp³-hybridized carbons (Fsp3) is 0.421. The second kappa shape index (κ2) is 9.05. The third-order valence-electron chi connectivity index (χ3n) is 4.46. The predicted octanol–water partition coefficient (Wildman–Crippen LogP) is 2.41. The van der Waals surface area contributed by atoms with Crippen LogP contribution in [0.25, 0.3) is 0 Å². The highest BCUT2D eigenvalue weighted by Crippen LogP contribution is 2.19. The molecule has 0 spiro atoms. The van der Waals surface area contributed by atoms with Crippen LogP contribution in [0.15, 0.2) is 29.6 Å². The Balaban J connectivity index is 1.56. The molecule has 0 radical (unpaired) electrons. The van der Waals surface area contributed by atoms with Crippen molar-refractivity contribution >= 4 is 23.2 Å². The summed E-state index contributed by atoms with van der Waals surface area (Å²) in [6.45, 7) is 0.974. The van der Waals surface area contributed by atoms with Crippen molar-refractivity contribution in [1.82, 2.24) is 10.3 Å². The average molecular weight is 392 g/mol. The third-order valence-corrected chi connectivity index (χ3v) is 5.36. The van der Waals surface area contributed by atoms with Gasteiger partial charge in [-0.3, -0.25) is 4.79 Å². The zero-order chi connectivity index (χ0) is 19.2. The number of ether oxygens (including phenoxy) is 1. The van der Waals surface area contributed by atoms with Gasteiger partial charge < -0.3 is 15.2 Å². The lowest BCUT2D eigenvalue weighted by Crippen LogP contribution is -2.48. The van der Waals surface area contributed by atoms with Gasteiger partial charge in [0.15, 0.2) is 0 Å². The van der Waals surface area contributed by atoms with Gasteiger partial charge in [-0.15, -0.1) is 11.3 Å². The van der Waals surface area contributed by atoms with Crippen molar-refractivity contribution in [2.24, 2.45) is 5.92 Å². The first kappa shape index (κ1) is 19.4. The van der Waals surface area contributed by atoms with Crippen LogP contribution < -0.4 is 5.32 Å². The molecule has 144 valence electrons. The molecule has 1 saturated heterocycles. The first-order chi connectivity index (χ1) is 13.0. The smallest absolute Gasteiger partial charge is 0.326 e. The highest BCUT2D eigenvalue weighted by atomic mass is 32.1. The molecule has 3 rings (SSSR count). The number of nitrogens with one attached hydrogen (secondary N) is 1. The minimum Gasteiger partial charge on any atom is -0.480 e. The number of carboxylic acids is 1. The number of benzene rings is 1. The number of aliphatic carboxylic acids is 1. The highest BCUT2D eigenvalue weighted by Gasteiger charge is 2.31. The van der Waals surface area contributed by atoms with Crippen molar-refractivity contribution in [2.75, 3.05) is 13.2 Å². The van der Waals surface area contributed by atoms with Crippen LogP contribution in [-0.2, 0) is 27.2 Å². The quantitative estimate of drug-likeness (QED) is 0.755. The largest absolute Gasteiger partial charge is 0.480 e. The van der Waals surface area contributed by atoms with E-state index < -0.39 is 12.0 Å². The van der Waals surface area contributed by atoms with Crippen LogP contribution in [0.1, 0.15) is 29.1 Å². The van der Waals surface area contributed by atoms with E-state index in [4.69, 9.17) is 4.74 Å². The van der Waals surface area contributed by atoms with Gasteiger partial charge in [0.2, 0.25) is 5.91 Å². The second-order valence-corrected chi connectivity index (χ2v) is 7.52. The zero-order valence-corrected chi connectivity index (χ0v) is 15.5. The molecule has 1 aliphatic rings. The van der Waals surface area contributed by atoms with Crippen LogP contribution in [-0.4, -0.2) is 41.2 Å². The van der Waals surface area contributed by atoms with Crippen molar-refractivity contribution in [3.63, 3.8) is 0 Å². The molecule has 0 bridgehead atoms. The fourth-order valence-electron chi connectivity index (χ4n) is 3.09. The van der Waals surface area contributed by atoms with Crippen molar-refractivity contribution in [1.29, 1.82) is 0 Å². The van der Waals surface area contributed by atoms with Gasteiger partial charge in [-0.05, 0) is 30.5 Å². The van der Waals surface area contributed by atoms with E-state index in [1.165, 1.54) is 23.5 Å². The molecule has 2 atom stereocenters. The number of carbonyl (C=O) groups is 2. The van der Waals surface area contributed by atoms with Crippen LogP contribution in [0.5, 0.6) is 0 Å². The lowest BCUT2D eigenvalue weighted by Gasteiger charge is -2.28. The predicted molar refractivity (Wildman–Crippen MR) is 98.1 cm³/mol. The van der Waals surface area contributed by atoms with E-state index in [1.54, 1.807) is 17.5 Å². The van der Waals surface area contributed by atoms with E-state index >= 15 is 0 Å². The molecule has 1 amide bonds. The number of hydrogen-bond donors (Lipinski definition) is 2. The molecule has 8 heteroatoms. The molecule has 2 N–H and O–H groups in total. The maximum absolute atomic E-state index is 13.0. The Labute approximate surface area is 160 Å². The monoisotopic (exact) mass is 392 g/mol. The number of rotatable bonds is 7. The minimum absolute atomic E-state index is 0.0251. The molecule has 0 saturated carbocycles. The van der Waals surface area contributed by atoms with Gasteiger partial charge in [-0.25, -0.2) is 14.2 Å². The number of halogens is 1. The van der Waals surface area contributed by atoms with Gasteiger partial charge in [0.05, 0.1) is 23.7 Å². The molecule has 1 aliphatic heterocycles. The summed E-state index contributed by atoms with van der Waals surface area (Å²) in [5.74, 6) is -1.92. The molecule has 0 aliphatic carbocycles.